The molecule has 29 heavy (non-hydrogen) atoms. The second-order valence-corrected chi connectivity index (χ2v) is 11.0. The smallest absolute Gasteiger partial charge is 0.330 e. The Kier molecular flexibility index (Phi) is 5.03. The molecule has 0 aromatic rings. The van der Waals surface area contributed by atoms with Crippen LogP contribution < -0.4 is 0 Å². The van der Waals surface area contributed by atoms with Crippen molar-refractivity contribution in [3.8, 4) is 0 Å². The van der Waals surface area contributed by atoms with E-state index in [-0.39, 0.29) is 23.6 Å². The summed E-state index contributed by atoms with van der Waals surface area (Å²) in [5.41, 5.74) is -0.201. The minimum Gasteiger partial charge on any atom is -0.459 e. The van der Waals surface area contributed by atoms with Crippen molar-refractivity contribution in [2.75, 3.05) is 0 Å². The van der Waals surface area contributed by atoms with Crippen LogP contribution in [0.15, 0.2) is 12.7 Å². The molecule has 0 radical (unpaired) electrons. The van der Waals surface area contributed by atoms with Gasteiger partial charge in [0.1, 0.15) is 11.7 Å². The van der Waals surface area contributed by atoms with Crippen molar-refractivity contribution in [3.05, 3.63) is 12.7 Å². The van der Waals surface area contributed by atoms with E-state index in [1.54, 1.807) is 0 Å². The topological polar surface area (TPSA) is 52.6 Å². The summed E-state index contributed by atoms with van der Waals surface area (Å²) in [5, 5.41) is 0. The Bertz CT molecular complexity index is 640. The van der Waals surface area contributed by atoms with Crippen LogP contribution in [0.5, 0.6) is 0 Å². The summed E-state index contributed by atoms with van der Waals surface area (Å²) >= 11 is 0. The standard InChI is InChI=1S/C25H36O4/c1-3-23(26)28-22-13-18(14-22)24(27)29-25(19-6-4-15(2)5-7-19)20-9-16-8-17(11-20)12-21(25)10-16/h3,15-22H,1,4-14H2,2H3. The molecule has 0 heterocycles. The van der Waals surface area contributed by atoms with Gasteiger partial charge in [0.2, 0.25) is 0 Å². The highest BCUT2D eigenvalue weighted by atomic mass is 16.6. The van der Waals surface area contributed by atoms with Crippen LogP contribution >= 0.6 is 0 Å². The molecule has 6 saturated carbocycles. The molecule has 6 rings (SSSR count). The van der Waals surface area contributed by atoms with Crippen LogP contribution in [0.3, 0.4) is 0 Å². The van der Waals surface area contributed by atoms with E-state index in [2.05, 4.69) is 13.5 Å². The molecule has 0 spiro atoms. The maximum Gasteiger partial charge on any atom is 0.330 e. The Morgan fingerprint density at radius 3 is 2.00 bits per heavy atom. The van der Waals surface area contributed by atoms with Gasteiger partial charge < -0.3 is 9.47 Å². The lowest BCUT2D eigenvalue weighted by Gasteiger charge is -2.63. The zero-order valence-electron chi connectivity index (χ0n) is 17.8. The van der Waals surface area contributed by atoms with Gasteiger partial charge in [-0.15, -0.1) is 0 Å². The molecule has 160 valence electrons. The third-order valence-electron chi connectivity index (χ3n) is 9.22. The van der Waals surface area contributed by atoms with Gasteiger partial charge >= 0.3 is 11.9 Å². The zero-order valence-corrected chi connectivity index (χ0v) is 17.8. The molecule has 4 heteroatoms. The fourth-order valence-electron chi connectivity index (χ4n) is 7.87. The third kappa shape index (κ3) is 3.35. The van der Waals surface area contributed by atoms with Crippen LogP contribution in [0, 0.1) is 41.4 Å². The van der Waals surface area contributed by atoms with E-state index in [0.29, 0.717) is 30.6 Å². The van der Waals surface area contributed by atoms with Gasteiger partial charge in [0.25, 0.3) is 0 Å². The SMILES string of the molecule is C=CC(=O)OC1CC(C(=O)OC2(C3CCC(C)CC3)C3CC4CC(C3)CC2C4)C1. The van der Waals surface area contributed by atoms with Crippen LogP contribution in [0.1, 0.15) is 77.6 Å². The highest BCUT2D eigenvalue weighted by Gasteiger charge is 2.63. The maximum atomic E-state index is 13.2. The van der Waals surface area contributed by atoms with Crippen LogP contribution in [-0.4, -0.2) is 23.6 Å². The molecule has 6 fully saturated rings. The van der Waals surface area contributed by atoms with Crippen molar-refractivity contribution in [2.45, 2.75) is 89.3 Å². The number of hydrogen-bond acceptors (Lipinski definition) is 4. The normalized spacial score (nSPS) is 47.9. The van der Waals surface area contributed by atoms with Crippen molar-refractivity contribution in [3.63, 3.8) is 0 Å². The Hall–Kier alpha value is -1.32. The summed E-state index contributed by atoms with van der Waals surface area (Å²) in [4.78, 5) is 24.7. The molecule has 0 unspecified atom stereocenters. The second kappa shape index (κ2) is 7.42. The summed E-state index contributed by atoms with van der Waals surface area (Å²) in [6.07, 6.45) is 13.8. The number of carbonyl (C=O) groups is 2. The Balaban J connectivity index is 1.32. The lowest BCUT2D eigenvalue weighted by Crippen LogP contribution is -2.64. The third-order valence-corrected chi connectivity index (χ3v) is 9.22. The summed E-state index contributed by atoms with van der Waals surface area (Å²) < 4.78 is 12.0. The largest absolute Gasteiger partial charge is 0.459 e. The average Bonchev–Trinajstić information content (AvgIpc) is 2.67. The quantitative estimate of drug-likeness (QED) is 0.478. The lowest BCUT2D eigenvalue weighted by molar-refractivity contribution is -0.239. The predicted molar refractivity (Wildman–Crippen MR) is 110 cm³/mol. The average molecular weight is 401 g/mol. The maximum absolute atomic E-state index is 13.2. The first kappa shape index (κ1) is 19.6. The van der Waals surface area contributed by atoms with Gasteiger partial charge in [0.05, 0.1) is 5.92 Å². The number of rotatable bonds is 5. The van der Waals surface area contributed by atoms with Gasteiger partial charge in [-0.3, -0.25) is 4.79 Å². The van der Waals surface area contributed by atoms with Crippen LogP contribution in [0.2, 0.25) is 0 Å². The van der Waals surface area contributed by atoms with Crippen LogP contribution in [-0.2, 0) is 19.1 Å². The number of ether oxygens (including phenoxy) is 2. The van der Waals surface area contributed by atoms with Gasteiger partial charge in [-0.2, -0.15) is 0 Å². The fraction of sp³-hybridized carbons (Fsp3) is 0.840. The molecule has 0 saturated heterocycles. The minimum atomic E-state index is -0.393. The lowest BCUT2D eigenvalue weighted by atomic mass is 9.46. The van der Waals surface area contributed by atoms with Gasteiger partial charge in [0, 0.05) is 6.08 Å². The van der Waals surface area contributed by atoms with Gasteiger partial charge in [-0.1, -0.05) is 26.3 Å². The molecular formula is C25H36O4. The molecule has 4 bridgehead atoms. The molecule has 0 aromatic heterocycles. The first-order chi connectivity index (χ1) is 14.0. The van der Waals surface area contributed by atoms with Crippen molar-refractivity contribution in [2.24, 2.45) is 41.4 Å². The van der Waals surface area contributed by atoms with E-state index < -0.39 is 5.97 Å². The Morgan fingerprint density at radius 2 is 1.45 bits per heavy atom. The fourth-order valence-corrected chi connectivity index (χ4v) is 7.87. The number of carbonyl (C=O) groups excluding carboxylic acids is 2. The molecule has 4 nitrogen and oxygen atoms in total. The van der Waals surface area contributed by atoms with E-state index in [1.807, 2.05) is 0 Å². The number of esters is 2. The summed E-state index contributed by atoms with van der Waals surface area (Å²) in [5.74, 6) is 3.75. The highest BCUT2D eigenvalue weighted by molar-refractivity contribution is 5.81. The molecular weight excluding hydrogens is 364 g/mol. The van der Waals surface area contributed by atoms with Crippen molar-refractivity contribution < 1.29 is 19.1 Å². The summed E-state index contributed by atoms with van der Waals surface area (Å²) in [6.45, 7) is 5.81. The Morgan fingerprint density at radius 1 is 0.862 bits per heavy atom. The Labute approximate surface area is 174 Å². The zero-order chi connectivity index (χ0) is 20.2. The summed E-state index contributed by atoms with van der Waals surface area (Å²) in [6, 6.07) is 0. The van der Waals surface area contributed by atoms with E-state index in [9.17, 15) is 9.59 Å². The summed E-state index contributed by atoms with van der Waals surface area (Å²) in [7, 11) is 0. The monoisotopic (exact) mass is 400 g/mol. The van der Waals surface area contributed by atoms with Gasteiger partial charge in [-0.25, -0.2) is 4.79 Å². The van der Waals surface area contributed by atoms with E-state index in [1.165, 1.54) is 63.9 Å². The highest BCUT2D eigenvalue weighted by Crippen LogP contribution is 2.63. The molecule has 6 aliphatic carbocycles. The van der Waals surface area contributed by atoms with Crippen molar-refractivity contribution in [1.82, 2.24) is 0 Å². The minimum absolute atomic E-state index is 0.0120. The molecule has 6 aliphatic rings. The van der Waals surface area contributed by atoms with Crippen molar-refractivity contribution in [1.29, 1.82) is 0 Å². The first-order valence-corrected chi connectivity index (χ1v) is 12.0. The molecule has 0 amide bonds. The molecule has 0 N–H and O–H groups in total. The van der Waals surface area contributed by atoms with E-state index in [0.717, 1.165) is 17.8 Å². The predicted octanol–water partition coefficient (Wildman–Crippen LogP) is 5.06. The second-order valence-electron chi connectivity index (χ2n) is 11.0. The number of hydrogen-bond donors (Lipinski definition) is 0. The first-order valence-electron chi connectivity index (χ1n) is 12.0. The molecule has 0 aromatic carbocycles. The van der Waals surface area contributed by atoms with Gasteiger partial charge in [-0.05, 0) is 93.3 Å². The van der Waals surface area contributed by atoms with E-state index >= 15 is 0 Å². The van der Waals surface area contributed by atoms with Crippen LogP contribution in [0.4, 0.5) is 0 Å². The van der Waals surface area contributed by atoms with E-state index in [4.69, 9.17) is 9.47 Å². The van der Waals surface area contributed by atoms with Crippen molar-refractivity contribution >= 4 is 11.9 Å². The van der Waals surface area contributed by atoms with Crippen LogP contribution in [0.25, 0.3) is 0 Å². The molecule has 0 aliphatic heterocycles. The molecule has 0 atom stereocenters. The van der Waals surface area contributed by atoms with Gasteiger partial charge in [0.15, 0.2) is 0 Å².